The Labute approximate surface area is 108 Å². The summed E-state index contributed by atoms with van der Waals surface area (Å²) in [6.45, 7) is 2.38. The molecule has 2 rings (SSSR count). The summed E-state index contributed by atoms with van der Waals surface area (Å²) in [5.41, 5.74) is 8.57. The topological polar surface area (TPSA) is 53.7 Å². The summed E-state index contributed by atoms with van der Waals surface area (Å²) in [5.74, 6) is 0.901. The number of fused-ring (bicyclic) bond motifs is 1. The molecule has 0 unspecified atom stereocenters. The van der Waals surface area contributed by atoms with Crippen LogP contribution >= 0.6 is 0 Å². The smallest absolute Gasteiger partial charge is 0.119 e. The van der Waals surface area contributed by atoms with Gasteiger partial charge in [0.25, 0.3) is 0 Å². The Morgan fingerprint density at radius 1 is 1.22 bits per heavy atom. The fraction of sp³-hybridized carbons (Fsp3) is 0.571. The van der Waals surface area contributed by atoms with Crippen LogP contribution in [0.15, 0.2) is 18.2 Å². The molecule has 0 aromatic heterocycles. The summed E-state index contributed by atoms with van der Waals surface area (Å²) < 4.78 is 15.9. The van der Waals surface area contributed by atoms with Gasteiger partial charge < -0.3 is 19.9 Å². The normalized spacial score (nSPS) is 17.8. The highest BCUT2D eigenvalue weighted by Gasteiger charge is 2.18. The molecule has 1 aliphatic rings. The highest BCUT2D eigenvalue weighted by atomic mass is 16.5. The van der Waals surface area contributed by atoms with Gasteiger partial charge in [0.1, 0.15) is 12.4 Å². The van der Waals surface area contributed by atoms with E-state index in [2.05, 4.69) is 12.1 Å². The Hall–Kier alpha value is -1.10. The Bertz CT molecular complexity index is 381. The van der Waals surface area contributed by atoms with Gasteiger partial charge in [0, 0.05) is 13.2 Å². The number of hydrogen-bond acceptors (Lipinski definition) is 4. The van der Waals surface area contributed by atoms with Crippen LogP contribution in [0.3, 0.4) is 0 Å². The van der Waals surface area contributed by atoms with Crippen molar-refractivity contribution in [1.29, 1.82) is 0 Å². The first kappa shape index (κ1) is 13.3. The molecule has 4 heteroatoms. The molecule has 0 heterocycles. The van der Waals surface area contributed by atoms with Gasteiger partial charge in [0.05, 0.1) is 19.8 Å². The van der Waals surface area contributed by atoms with Gasteiger partial charge in [-0.1, -0.05) is 6.07 Å². The van der Waals surface area contributed by atoms with Crippen LogP contribution in [0.2, 0.25) is 0 Å². The van der Waals surface area contributed by atoms with Crippen LogP contribution in [0.1, 0.15) is 23.6 Å². The Morgan fingerprint density at radius 3 is 2.89 bits per heavy atom. The van der Waals surface area contributed by atoms with Crippen LogP contribution in [0, 0.1) is 0 Å². The molecule has 1 aliphatic carbocycles. The molecular weight excluding hydrogens is 230 g/mol. The van der Waals surface area contributed by atoms with E-state index < -0.39 is 0 Å². The van der Waals surface area contributed by atoms with E-state index in [0.29, 0.717) is 26.4 Å². The third-order valence-electron chi connectivity index (χ3n) is 3.17. The molecule has 100 valence electrons. The maximum absolute atomic E-state index is 5.99. The van der Waals surface area contributed by atoms with E-state index in [9.17, 15) is 0 Å². The summed E-state index contributed by atoms with van der Waals surface area (Å²) >= 11 is 0. The largest absolute Gasteiger partial charge is 0.491 e. The number of aryl methyl sites for hydroxylation is 1. The van der Waals surface area contributed by atoms with Crippen LogP contribution < -0.4 is 10.5 Å². The molecule has 1 aromatic carbocycles. The van der Waals surface area contributed by atoms with Crippen molar-refractivity contribution < 1.29 is 14.2 Å². The number of ether oxygens (including phenoxy) is 3. The van der Waals surface area contributed by atoms with Gasteiger partial charge in [-0.15, -0.1) is 0 Å². The van der Waals surface area contributed by atoms with E-state index in [0.717, 1.165) is 18.6 Å². The fourth-order valence-electron chi connectivity index (χ4n) is 2.18. The minimum absolute atomic E-state index is 0.200. The lowest BCUT2D eigenvalue weighted by Crippen LogP contribution is -2.10. The van der Waals surface area contributed by atoms with Gasteiger partial charge in [-0.25, -0.2) is 0 Å². The van der Waals surface area contributed by atoms with E-state index in [4.69, 9.17) is 19.9 Å². The minimum atomic E-state index is 0.200. The number of methoxy groups -OCH3 is 1. The van der Waals surface area contributed by atoms with Crippen molar-refractivity contribution in [3.05, 3.63) is 29.3 Å². The average Bonchev–Trinajstić information content (AvgIpc) is 2.75. The van der Waals surface area contributed by atoms with E-state index in [1.165, 1.54) is 11.1 Å². The predicted molar refractivity (Wildman–Crippen MR) is 69.9 cm³/mol. The molecule has 0 saturated heterocycles. The van der Waals surface area contributed by atoms with Crippen molar-refractivity contribution in [3.63, 3.8) is 0 Å². The van der Waals surface area contributed by atoms with Gasteiger partial charge >= 0.3 is 0 Å². The number of benzene rings is 1. The maximum atomic E-state index is 5.99. The summed E-state index contributed by atoms with van der Waals surface area (Å²) in [4.78, 5) is 0. The summed E-state index contributed by atoms with van der Waals surface area (Å²) in [6.07, 6.45) is 2.09. The summed E-state index contributed by atoms with van der Waals surface area (Å²) in [5, 5.41) is 0. The number of nitrogens with two attached hydrogens (primary N) is 1. The first-order chi connectivity index (χ1) is 8.81. The lowest BCUT2D eigenvalue weighted by Gasteiger charge is -2.09. The molecule has 0 bridgehead atoms. The quantitative estimate of drug-likeness (QED) is 0.749. The van der Waals surface area contributed by atoms with Crippen LogP contribution in [0.5, 0.6) is 5.75 Å². The van der Waals surface area contributed by atoms with Gasteiger partial charge in [-0.05, 0) is 36.1 Å². The van der Waals surface area contributed by atoms with Crippen molar-refractivity contribution >= 4 is 0 Å². The molecule has 1 aromatic rings. The SMILES string of the molecule is COCCOCCOc1ccc2c(c1)CC[C@@H]2N. The Kier molecular flexibility index (Phi) is 4.99. The van der Waals surface area contributed by atoms with Crippen LogP contribution in [-0.2, 0) is 15.9 Å². The van der Waals surface area contributed by atoms with Crippen molar-refractivity contribution in [2.45, 2.75) is 18.9 Å². The zero-order valence-corrected chi connectivity index (χ0v) is 10.9. The average molecular weight is 251 g/mol. The van der Waals surface area contributed by atoms with Gasteiger partial charge in [-0.3, -0.25) is 0 Å². The molecule has 1 atom stereocenters. The molecule has 0 aliphatic heterocycles. The minimum Gasteiger partial charge on any atom is -0.491 e. The second-order valence-corrected chi connectivity index (χ2v) is 4.46. The molecule has 0 saturated carbocycles. The van der Waals surface area contributed by atoms with E-state index in [1.54, 1.807) is 7.11 Å². The zero-order valence-electron chi connectivity index (χ0n) is 10.9. The highest BCUT2D eigenvalue weighted by Crippen LogP contribution is 2.31. The van der Waals surface area contributed by atoms with E-state index in [-0.39, 0.29) is 6.04 Å². The molecule has 18 heavy (non-hydrogen) atoms. The van der Waals surface area contributed by atoms with E-state index >= 15 is 0 Å². The van der Waals surface area contributed by atoms with Crippen molar-refractivity contribution in [1.82, 2.24) is 0 Å². The fourth-order valence-corrected chi connectivity index (χ4v) is 2.18. The van der Waals surface area contributed by atoms with Crippen LogP contribution in [-0.4, -0.2) is 33.5 Å². The Morgan fingerprint density at radius 2 is 2.06 bits per heavy atom. The second-order valence-electron chi connectivity index (χ2n) is 4.46. The zero-order chi connectivity index (χ0) is 12.8. The van der Waals surface area contributed by atoms with Crippen molar-refractivity contribution in [3.8, 4) is 5.75 Å². The van der Waals surface area contributed by atoms with Crippen molar-refractivity contribution in [2.24, 2.45) is 5.73 Å². The first-order valence-electron chi connectivity index (χ1n) is 6.39. The van der Waals surface area contributed by atoms with Gasteiger partial charge in [0.15, 0.2) is 0 Å². The molecule has 4 nitrogen and oxygen atoms in total. The Balaban J connectivity index is 1.74. The highest BCUT2D eigenvalue weighted by molar-refractivity contribution is 5.40. The van der Waals surface area contributed by atoms with Crippen LogP contribution in [0.25, 0.3) is 0 Å². The summed E-state index contributed by atoms with van der Waals surface area (Å²) in [6, 6.07) is 6.36. The lowest BCUT2D eigenvalue weighted by atomic mass is 10.1. The third kappa shape index (κ3) is 3.45. The number of rotatable bonds is 7. The monoisotopic (exact) mass is 251 g/mol. The lowest BCUT2D eigenvalue weighted by molar-refractivity contribution is 0.0544. The summed E-state index contributed by atoms with van der Waals surface area (Å²) in [7, 11) is 1.66. The number of hydrogen-bond donors (Lipinski definition) is 1. The van der Waals surface area contributed by atoms with Crippen molar-refractivity contribution in [2.75, 3.05) is 33.5 Å². The molecule has 2 N–H and O–H groups in total. The molecule has 0 spiro atoms. The van der Waals surface area contributed by atoms with Crippen LogP contribution in [0.4, 0.5) is 0 Å². The molecule has 0 radical (unpaired) electrons. The molecule has 0 fully saturated rings. The second kappa shape index (κ2) is 6.73. The van der Waals surface area contributed by atoms with E-state index in [1.807, 2.05) is 6.07 Å². The molecular formula is C14H21NO3. The molecule has 0 amide bonds. The standard InChI is InChI=1S/C14H21NO3/c1-16-6-7-17-8-9-18-12-3-4-13-11(10-12)2-5-14(13)15/h3-4,10,14H,2,5-9,15H2,1H3/t14-/m0/s1. The predicted octanol–water partition coefficient (Wildman–Crippen LogP) is 1.67. The van der Waals surface area contributed by atoms with Gasteiger partial charge in [0.2, 0.25) is 0 Å². The third-order valence-corrected chi connectivity index (χ3v) is 3.17. The van der Waals surface area contributed by atoms with Gasteiger partial charge in [-0.2, -0.15) is 0 Å². The first-order valence-corrected chi connectivity index (χ1v) is 6.39. The maximum Gasteiger partial charge on any atom is 0.119 e.